The molecule has 2 fully saturated rings. The summed E-state index contributed by atoms with van der Waals surface area (Å²) in [6.07, 6.45) is 1.45. The number of ether oxygens (including phenoxy) is 2. The molecule has 0 saturated heterocycles. The fraction of sp³-hybridized carbons (Fsp3) is 0.455. The van der Waals surface area contributed by atoms with Crippen molar-refractivity contribution in [3.8, 4) is 5.69 Å². The van der Waals surface area contributed by atoms with Crippen LogP contribution in [0.1, 0.15) is 82.3 Å². The molecule has 2 saturated carbocycles. The highest BCUT2D eigenvalue weighted by molar-refractivity contribution is 5.94. The van der Waals surface area contributed by atoms with E-state index in [0.717, 1.165) is 48.1 Å². The van der Waals surface area contributed by atoms with Crippen LogP contribution >= 0.6 is 0 Å². The van der Waals surface area contributed by atoms with Crippen molar-refractivity contribution in [2.75, 3.05) is 33.4 Å². The van der Waals surface area contributed by atoms with E-state index < -0.39 is 35.5 Å². The first-order valence-corrected chi connectivity index (χ1v) is 15.2. The van der Waals surface area contributed by atoms with Crippen LogP contribution in [0.4, 0.5) is 13.2 Å². The number of benzene rings is 1. The van der Waals surface area contributed by atoms with E-state index in [1.54, 1.807) is 16.9 Å². The quantitative estimate of drug-likeness (QED) is 0.323. The van der Waals surface area contributed by atoms with Crippen LogP contribution in [0.15, 0.2) is 55.3 Å². The molecule has 2 aromatic heterocycles. The number of carbonyl (C=O) groups excluding carboxylic acids is 2. The lowest BCUT2D eigenvalue weighted by molar-refractivity contribution is -0.141. The number of halogens is 3. The van der Waals surface area contributed by atoms with Gasteiger partial charge < -0.3 is 19.3 Å². The number of alkyl halides is 3. The van der Waals surface area contributed by atoms with Gasteiger partial charge in [-0.05, 0) is 67.5 Å². The summed E-state index contributed by atoms with van der Waals surface area (Å²) in [5.41, 5.74) is 3.04. The highest BCUT2D eigenvalue weighted by atomic mass is 19.4. The van der Waals surface area contributed by atoms with Gasteiger partial charge >= 0.3 is 6.18 Å². The van der Waals surface area contributed by atoms with Crippen molar-refractivity contribution in [1.29, 1.82) is 0 Å². The molecule has 2 atom stereocenters. The Labute approximate surface area is 258 Å². The summed E-state index contributed by atoms with van der Waals surface area (Å²) in [4.78, 5) is 33.8. The van der Waals surface area contributed by atoms with Gasteiger partial charge in [0.15, 0.2) is 0 Å². The Morgan fingerprint density at radius 3 is 2.47 bits per heavy atom. The third-order valence-corrected chi connectivity index (χ3v) is 9.28. The Morgan fingerprint density at radius 1 is 1.11 bits per heavy atom. The van der Waals surface area contributed by atoms with Gasteiger partial charge in [-0.1, -0.05) is 18.7 Å². The number of pyridine rings is 1. The van der Waals surface area contributed by atoms with Crippen molar-refractivity contribution < 1.29 is 32.2 Å². The maximum atomic E-state index is 13.9. The first-order valence-electron chi connectivity index (χ1n) is 15.2. The van der Waals surface area contributed by atoms with Crippen molar-refractivity contribution in [1.82, 2.24) is 24.6 Å². The first-order chi connectivity index (χ1) is 21.6. The molecule has 4 aliphatic rings. The largest absolute Gasteiger partial charge is 0.433 e. The van der Waals surface area contributed by atoms with Crippen LogP contribution in [0.3, 0.4) is 0 Å². The fourth-order valence-corrected chi connectivity index (χ4v) is 6.64. The first kappa shape index (κ1) is 29.7. The molecule has 45 heavy (non-hydrogen) atoms. The van der Waals surface area contributed by atoms with Gasteiger partial charge in [0, 0.05) is 38.4 Å². The molecule has 4 heterocycles. The minimum atomic E-state index is -4.62. The average Bonchev–Trinajstić information content (AvgIpc) is 3.97. The molecule has 2 aliphatic carbocycles. The topological polar surface area (TPSA) is 89.8 Å². The van der Waals surface area contributed by atoms with Crippen LogP contribution in [0, 0.1) is 0 Å². The van der Waals surface area contributed by atoms with E-state index in [0.29, 0.717) is 24.6 Å². The van der Waals surface area contributed by atoms with Gasteiger partial charge in [0.1, 0.15) is 11.8 Å². The smallest absolute Gasteiger partial charge is 0.382 e. The second kappa shape index (κ2) is 11.1. The predicted molar refractivity (Wildman–Crippen MR) is 157 cm³/mol. The van der Waals surface area contributed by atoms with E-state index in [2.05, 4.69) is 35.8 Å². The summed E-state index contributed by atoms with van der Waals surface area (Å²) in [7, 11) is 1.63. The lowest BCUT2D eigenvalue weighted by Gasteiger charge is -2.37. The molecule has 2 unspecified atom stereocenters. The molecule has 0 radical (unpaired) electrons. The summed E-state index contributed by atoms with van der Waals surface area (Å²) >= 11 is 0. The molecule has 0 bridgehead atoms. The molecule has 9 nitrogen and oxygen atoms in total. The molecule has 2 aliphatic heterocycles. The lowest BCUT2D eigenvalue weighted by atomic mass is 9.94. The molecule has 236 valence electrons. The summed E-state index contributed by atoms with van der Waals surface area (Å²) in [6, 6.07) is 9.74. The Bertz CT molecular complexity index is 1630. The Balaban J connectivity index is 1.32. The highest BCUT2D eigenvalue weighted by Gasteiger charge is 2.50. The average molecular weight is 622 g/mol. The van der Waals surface area contributed by atoms with Crippen LogP contribution in [0.5, 0.6) is 0 Å². The van der Waals surface area contributed by atoms with Crippen LogP contribution in [0.25, 0.3) is 5.69 Å². The van der Waals surface area contributed by atoms with Crippen LogP contribution < -0.4 is 0 Å². The zero-order valence-electron chi connectivity index (χ0n) is 24.9. The molecule has 2 amide bonds. The molecule has 0 N–H and O–H groups in total. The number of nitrogens with zero attached hydrogens (tertiary/aromatic N) is 5. The van der Waals surface area contributed by atoms with Gasteiger partial charge in [0.25, 0.3) is 5.91 Å². The SMILES string of the molecule is C=CC(=O)N1CC(OC2(COC)CC2)c2nn(-c3ccc(C4CC4)cc3)c3c2C(C1)N(C(=O)c1ccc(C(F)(F)F)nc1)CC3. The van der Waals surface area contributed by atoms with Crippen molar-refractivity contribution in [2.24, 2.45) is 0 Å². The maximum Gasteiger partial charge on any atom is 0.433 e. The molecular formula is C33H34F3N5O4. The molecule has 3 aromatic rings. The summed E-state index contributed by atoms with van der Waals surface area (Å²) in [5, 5.41) is 5.12. The number of carbonyl (C=O) groups is 2. The lowest BCUT2D eigenvalue weighted by Crippen LogP contribution is -2.46. The van der Waals surface area contributed by atoms with Gasteiger partial charge in [-0.3, -0.25) is 14.6 Å². The van der Waals surface area contributed by atoms with E-state index in [9.17, 15) is 22.8 Å². The predicted octanol–water partition coefficient (Wildman–Crippen LogP) is 5.17. The third kappa shape index (κ3) is 5.54. The van der Waals surface area contributed by atoms with Crippen molar-refractivity contribution >= 4 is 11.8 Å². The Morgan fingerprint density at radius 2 is 1.87 bits per heavy atom. The van der Waals surface area contributed by atoms with E-state index in [1.807, 2.05) is 4.68 Å². The Kier molecular flexibility index (Phi) is 7.31. The minimum Gasteiger partial charge on any atom is -0.382 e. The zero-order valence-corrected chi connectivity index (χ0v) is 24.9. The van der Waals surface area contributed by atoms with Crippen molar-refractivity contribution in [3.63, 3.8) is 0 Å². The molecule has 7 rings (SSSR count). The van der Waals surface area contributed by atoms with E-state index >= 15 is 0 Å². The number of amides is 2. The fourth-order valence-electron chi connectivity index (χ4n) is 6.64. The van der Waals surface area contributed by atoms with Crippen LogP contribution in [-0.4, -0.2) is 75.3 Å². The molecular weight excluding hydrogens is 587 g/mol. The van der Waals surface area contributed by atoms with E-state index in [1.165, 1.54) is 24.5 Å². The molecule has 1 aromatic carbocycles. The summed E-state index contributed by atoms with van der Waals surface area (Å²) < 4.78 is 53.7. The molecule has 0 spiro atoms. The summed E-state index contributed by atoms with van der Waals surface area (Å²) in [5.74, 6) is -0.176. The minimum absolute atomic E-state index is 0.0340. The van der Waals surface area contributed by atoms with Crippen LogP contribution in [0.2, 0.25) is 0 Å². The number of methoxy groups -OCH3 is 1. The van der Waals surface area contributed by atoms with Gasteiger partial charge in [-0.15, -0.1) is 0 Å². The number of rotatable bonds is 8. The highest BCUT2D eigenvalue weighted by Crippen LogP contribution is 2.48. The zero-order chi connectivity index (χ0) is 31.5. The van der Waals surface area contributed by atoms with E-state index in [4.69, 9.17) is 14.6 Å². The van der Waals surface area contributed by atoms with Crippen molar-refractivity contribution in [2.45, 2.75) is 61.9 Å². The van der Waals surface area contributed by atoms with E-state index in [-0.39, 0.29) is 31.1 Å². The standard InChI is InChI=1S/C33H34F3N5O4/c1-3-28(42)39-17-25-29-24(12-15-40(25)31(43)22-8-11-27(37-16-22)33(34,35)36)41(23-9-6-21(7-10-23)20-4-5-20)38-30(29)26(18-39)45-32(13-14-32)19-44-2/h3,6-11,16,20,25-26H,1,4-5,12-15,17-19H2,2H3. The van der Waals surface area contributed by atoms with Gasteiger partial charge in [-0.25, -0.2) is 4.68 Å². The van der Waals surface area contributed by atoms with Gasteiger partial charge in [-0.2, -0.15) is 18.3 Å². The monoisotopic (exact) mass is 621 g/mol. The van der Waals surface area contributed by atoms with Gasteiger partial charge in [0.05, 0.1) is 47.4 Å². The number of aromatic nitrogens is 3. The number of hydrogen-bond donors (Lipinski definition) is 0. The molecule has 12 heteroatoms. The Hall–Kier alpha value is -4.03. The third-order valence-electron chi connectivity index (χ3n) is 9.28. The second-order valence-electron chi connectivity index (χ2n) is 12.4. The van der Waals surface area contributed by atoms with Gasteiger partial charge in [0.2, 0.25) is 5.91 Å². The number of hydrogen-bond acceptors (Lipinski definition) is 6. The second-order valence-corrected chi connectivity index (χ2v) is 12.4. The maximum absolute atomic E-state index is 13.9. The van der Waals surface area contributed by atoms with Crippen LogP contribution in [-0.2, 0) is 26.9 Å². The normalized spacial score (nSPS) is 22.0. The van der Waals surface area contributed by atoms with Crippen molar-refractivity contribution in [3.05, 3.63) is 89.0 Å². The summed E-state index contributed by atoms with van der Waals surface area (Å²) in [6.45, 7) is 4.70.